The summed E-state index contributed by atoms with van der Waals surface area (Å²) in [4.78, 5) is 16.3. The number of rotatable bonds is 4. The third-order valence-corrected chi connectivity index (χ3v) is 4.42. The zero-order valence-electron chi connectivity index (χ0n) is 13.6. The van der Waals surface area contributed by atoms with E-state index in [1.165, 1.54) is 12.8 Å². The van der Waals surface area contributed by atoms with Gasteiger partial charge in [0, 0.05) is 25.8 Å². The highest BCUT2D eigenvalue weighted by atomic mass is 16.2. The number of carbonyl (C=O) groups is 1. The maximum absolute atomic E-state index is 12.2. The zero-order valence-corrected chi connectivity index (χ0v) is 13.6. The van der Waals surface area contributed by atoms with Crippen molar-refractivity contribution >= 4 is 11.6 Å². The average molecular weight is 289 g/mol. The van der Waals surface area contributed by atoms with Crippen LogP contribution in [0.15, 0.2) is 24.3 Å². The van der Waals surface area contributed by atoms with Crippen LogP contribution < -0.4 is 5.32 Å². The van der Waals surface area contributed by atoms with E-state index in [-0.39, 0.29) is 5.91 Å². The highest BCUT2D eigenvalue weighted by Crippen LogP contribution is 2.24. The van der Waals surface area contributed by atoms with Crippen LogP contribution in [0.5, 0.6) is 0 Å². The summed E-state index contributed by atoms with van der Waals surface area (Å²) in [6, 6.07) is 8.18. The zero-order chi connectivity index (χ0) is 15.4. The first-order valence-corrected chi connectivity index (χ1v) is 7.75. The summed E-state index contributed by atoms with van der Waals surface area (Å²) in [5.41, 5.74) is 1.70. The van der Waals surface area contributed by atoms with Gasteiger partial charge in [-0.25, -0.2) is 0 Å². The minimum Gasteiger partial charge on any atom is -0.382 e. The molecule has 1 amide bonds. The van der Waals surface area contributed by atoms with E-state index < -0.39 is 0 Å². The third-order valence-electron chi connectivity index (χ3n) is 4.42. The number of nitrogens with zero attached hydrogens (tertiary/aromatic N) is 2. The van der Waals surface area contributed by atoms with E-state index >= 15 is 0 Å². The molecule has 1 atom stereocenters. The van der Waals surface area contributed by atoms with Crippen LogP contribution in [0, 0.1) is 5.92 Å². The van der Waals surface area contributed by atoms with Crippen molar-refractivity contribution in [2.24, 2.45) is 5.92 Å². The number of anilines is 1. The number of amides is 1. The Labute approximate surface area is 128 Å². The van der Waals surface area contributed by atoms with Gasteiger partial charge >= 0.3 is 0 Å². The van der Waals surface area contributed by atoms with Gasteiger partial charge in [-0.3, -0.25) is 4.79 Å². The highest BCUT2D eigenvalue weighted by molar-refractivity contribution is 5.99. The lowest BCUT2D eigenvalue weighted by atomic mass is 9.90. The lowest BCUT2D eigenvalue weighted by Crippen LogP contribution is -2.37. The van der Waals surface area contributed by atoms with Crippen molar-refractivity contribution in [3.05, 3.63) is 29.8 Å². The minimum atomic E-state index is 0.0497. The monoisotopic (exact) mass is 289 g/mol. The molecule has 1 unspecified atom stereocenters. The predicted molar refractivity (Wildman–Crippen MR) is 87.8 cm³/mol. The van der Waals surface area contributed by atoms with Crippen molar-refractivity contribution in [2.45, 2.75) is 25.8 Å². The van der Waals surface area contributed by atoms with Gasteiger partial charge in [-0.2, -0.15) is 0 Å². The first-order valence-electron chi connectivity index (χ1n) is 7.75. The molecule has 1 N–H and O–H groups in total. The number of likely N-dealkylation sites (tertiary alicyclic amines) is 1. The molecular weight excluding hydrogens is 262 g/mol. The minimum absolute atomic E-state index is 0.0497. The Morgan fingerprint density at radius 3 is 2.52 bits per heavy atom. The van der Waals surface area contributed by atoms with Gasteiger partial charge < -0.3 is 15.1 Å². The molecule has 4 nitrogen and oxygen atoms in total. The Morgan fingerprint density at radius 2 is 1.90 bits per heavy atom. The second-order valence-corrected chi connectivity index (χ2v) is 6.32. The SMILES string of the molecule is CC(Nc1ccccc1C(=O)N(C)C)C1CCN(C)CC1. The molecule has 0 saturated carbocycles. The Balaban J connectivity index is 2.07. The molecule has 21 heavy (non-hydrogen) atoms. The molecule has 0 spiro atoms. The largest absolute Gasteiger partial charge is 0.382 e. The Morgan fingerprint density at radius 1 is 1.29 bits per heavy atom. The van der Waals surface area contributed by atoms with Crippen molar-refractivity contribution in [1.82, 2.24) is 9.80 Å². The second kappa shape index (κ2) is 6.94. The summed E-state index contributed by atoms with van der Waals surface area (Å²) >= 11 is 0. The molecule has 0 bridgehead atoms. The summed E-state index contributed by atoms with van der Waals surface area (Å²) in [5.74, 6) is 0.720. The molecule has 1 aromatic rings. The van der Waals surface area contributed by atoms with Crippen LogP contribution in [0.2, 0.25) is 0 Å². The molecule has 1 fully saturated rings. The maximum Gasteiger partial charge on any atom is 0.255 e. The van der Waals surface area contributed by atoms with Gasteiger partial charge in [0.05, 0.1) is 5.56 Å². The smallest absolute Gasteiger partial charge is 0.255 e. The van der Waals surface area contributed by atoms with E-state index in [0.717, 1.165) is 24.3 Å². The lowest BCUT2D eigenvalue weighted by molar-refractivity contribution is 0.0828. The molecule has 0 aliphatic carbocycles. The predicted octanol–water partition coefficient (Wildman–Crippen LogP) is 2.53. The van der Waals surface area contributed by atoms with Crippen molar-refractivity contribution in [1.29, 1.82) is 0 Å². The summed E-state index contributed by atoms with van der Waals surface area (Å²) in [6.45, 7) is 4.55. The van der Waals surface area contributed by atoms with Gasteiger partial charge in [0.1, 0.15) is 0 Å². The van der Waals surface area contributed by atoms with Crippen molar-refractivity contribution in [3.8, 4) is 0 Å². The molecule has 2 rings (SSSR count). The molecular formula is C17H27N3O. The topological polar surface area (TPSA) is 35.6 Å². The molecule has 1 aromatic carbocycles. The van der Waals surface area contributed by atoms with Gasteiger partial charge in [0.15, 0.2) is 0 Å². The molecule has 1 saturated heterocycles. The van der Waals surface area contributed by atoms with Crippen molar-refractivity contribution in [2.75, 3.05) is 39.5 Å². The van der Waals surface area contributed by atoms with E-state index in [0.29, 0.717) is 12.0 Å². The number of benzene rings is 1. The second-order valence-electron chi connectivity index (χ2n) is 6.32. The Kier molecular flexibility index (Phi) is 5.23. The van der Waals surface area contributed by atoms with Crippen LogP contribution in [0.3, 0.4) is 0 Å². The van der Waals surface area contributed by atoms with E-state index in [4.69, 9.17) is 0 Å². The van der Waals surface area contributed by atoms with E-state index in [1.54, 1.807) is 19.0 Å². The van der Waals surface area contributed by atoms with Crippen molar-refractivity contribution < 1.29 is 4.79 Å². The molecule has 0 radical (unpaired) electrons. The van der Waals surface area contributed by atoms with Crippen molar-refractivity contribution in [3.63, 3.8) is 0 Å². The van der Waals surface area contributed by atoms with Gasteiger partial charge in [-0.15, -0.1) is 0 Å². The number of nitrogens with one attached hydrogen (secondary N) is 1. The van der Waals surface area contributed by atoms with Crippen LogP contribution in [0.25, 0.3) is 0 Å². The molecule has 1 aliphatic heterocycles. The number of piperidine rings is 1. The normalized spacial score (nSPS) is 18.3. The van der Waals surface area contributed by atoms with E-state index in [9.17, 15) is 4.79 Å². The fourth-order valence-corrected chi connectivity index (χ4v) is 2.93. The van der Waals surface area contributed by atoms with Gasteiger partial charge in [0.25, 0.3) is 5.91 Å². The van der Waals surface area contributed by atoms with E-state index in [2.05, 4.69) is 24.2 Å². The fraction of sp³-hybridized carbons (Fsp3) is 0.588. The van der Waals surface area contributed by atoms with Gasteiger partial charge in [0.2, 0.25) is 0 Å². The Hall–Kier alpha value is -1.55. The van der Waals surface area contributed by atoms with Crippen LogP contribution in [0.4, 0.5) is 5.69 Å². The first-order chi connectivity index (χ1) is 9.99. The molecule has 0 aromatic heterocycles. The standard InChI is InChI=1S/C17H27N3O/c1-13(14-9-11-20(4)12-10-14)18-16-8-6-5-7-15(16)17(21)19(2)3/h5-8,13-14,18H,9-12H2,1-4H3. The number of carbonyl (C=O) groups excluding carboxylic acids is 1. The highest BCUT2D eigenvalue weighted by Gasteiger charge is 2.23. The summed E-state index contributed by atoms with van der Waals surface area (Å²) in [7, 11) is 5.76. The summed E-state index contributed by atoms with van der Waals surface area (Å²) in [5, 5.41) is 3.56. The Bertz CT molecular complexity index is 479. The van der Waals surface area contributed by atoms with Gasteiger partial charge in [-0.1, -0.05) is 12.1 Å². The van der Waals surface area contributed by atoms with Gasteiger partial charge in [-0.05, 0) is 58.0 Å². The summed E-state index contributed by atoms with van der Waals surface area (Å²) in [6.07, 6.45) is 2.43. The molecule has 1 heterocycles. The quantitative estimate of drug-likeness (QED) is 0.925. The fourth-order valence-electron chi connectivity index (χ4n) is 2.93. The lowest BCUT2D eigenvalue weighted by Gasteiger charge is -2.33. The van der Waals surface area contributed by atoms with Crippen LogP contribution in [0.1, 0.15) is 30.1 Å². The average Bonchev–Trinajstić information content (AvgIpc) is 2.47. The van der Waals surface area contributed by atoms with Crippen LogP contribution in [-0.2, 0) is 0 Å². The number of para-hydroxylation sites is 1. The molecule has 1 aliphatic rings. The molecule has 116 valence electrons. The maximum atomic E-state index is 12.2. The van der Waals surface area contributed by atoms with E-state index in [1.807, 2.05) is 24.3 Å². The van der Waals surface area contributed by atoms with Crippen LogP contribution >= 0.6 is 0 Å². The first kappa shape index (κ1) is 15.8. The van der Waals surface area contributed by atoms with Crippen LogP contribution in [-0.4, -0.2) is 56.0 Å². The number of hydrogen-bond donors (Lipinski definition) is 1. The molecule has 4 heteroatoms. The summed E-state index contributed by atoms with van der Waals surface area (Å²) < 4.78 is 0. The third kappa shape index (κ3) is 3.97. The number of hydrogen-bond acceptors (Lipinski definition) is 3.